The summed E-state index contributed by atoms with van der Waals surface area (Å²) < 4.78 is 25.4. The van der Waals surface area contributed by atoms with E-state index in [1.807, 2.05) is 30.5 Å². The molecule has 0 aliphatic carbocycles. The highest BCUT2D eigenvalue weighted by Crippen LogP contribution is 2.39. The van der Waals surface area contributed by atoms with Crippen LogP contribution in [0.15, 0.2) is 56.6 Å². The van der Waals surface area contributed by atoms with Crippen molar-refractivity contribution in [2.24, 2.45) is 0 Å². The van der Waals surface area contributed by atoms with Gasteiger partial charge in [0.25, 0.3) is 5.91 Å². The first kappa shape index (κ1) is 19.3. The number of nitrogens with zero attached hydrogens (tertiary/aromatic N) is 1. The van der Waals surface area contributed by atoms with Crippen molar-refractivity contribution in [1.29, 1.82) is 0 Å². The maximum Gasteiger partial charge on any atom is 0.291 e. The summed E-state index contributed by atoms with van der Waals surface area (Å²) >= 11 is 1.62. The van der Waals surface area contributed by atoms with E-state index in [0.29, 0.717) is 13.2 Å². The minimum atomic E-state index is -0.587. The summed E-state index contributed by atoms with van der Waals surface area (Å²) in [6.45, 7) is 1.05. The van der Waals surface area contributed by atoms with Gasteiger partial charge in [-0.2, -0.15) is 0 Å². The maximum atomic E-state index is 13.8. The predicted octanol–water partition coefficient (Wildman–Crippen LogP) is 4.38. The van der Waals surface area contributed by atoms with Gasteiger partial charge in [-0.1, -0.05) is 12.1 Å². The lowest BCUT2D eigenvalue weighted by molar-refractivity contribution is 0.0486. The molecule has 7 heteroatoms. The first-order valence-electron chi connectivity index (χ1n) is 9.89. The van der Waals surface area contributed by atoms with E-state index >= 15 is 0 Å². The minimum Gasteiger partial charge on any atom is -0.450 e. The number of thioether (sulfide) groups is 1. The average molecular weight is 425 g/mol. The van der Waals surface area contributed by atoms with Crippen molar-refractivity contribution in [1.82, 2.24) is 4.90 Å². The largest absolute Gasteiger partial charge is 0.450 e. The van der Waals surface area contributed by atoms with Crippen molar-refractivity contribution >= 4 is 28.6 Å². The SMILES string of the molecule is CSc1ccc(C2c3c(oc4ccc(F)cc4c3=O)C(=O)N2CC2CCCO2)cc1. The molecule has 30 heavy (non-hydrogen) atoms. The molecule has 2 aliphatic rings. The molecule has 0 bridgehead atoms. The third-order valence-electron chi connectivity index (χ3n) is 5.78. The lowest BCUT2D eigenvalue weighted by Crippen LogP contribution is -2.36. The Morgan fingerprint density at radius 2 is 1.97 bits per heavy atom. The van der Waals surface area contributed by atoms with Gasteiger partial charge in [-0.25, -0.2) is 4.39 Å². The molecule has 0 N–H and O–H groups in total. The quantitative estimate of drug-likeness (QED) is 0.581. The second kappa shape index (κ2) is 7.56. The summed E-state index contributed by atoms with van der Waals surface area (Å²) in [7, 11) is 0. The number of carbonyl (C=O) groups is 1. The van der Waals surface area contributed by atoms with Gasteiger partial charge in [-0.15, -0.1) is 11.8 Å². The Morgan fingerprint density at radius 3 is 2.67 bits per heavy atom. The fourth-order valence-corrected chi connectivity index (χ4v) is 4.73. The van der Waals surface area contributed by atoms with E-state index in [1.54, 1.807) is 16.7 Å². The highest BCUT2D eigenvalue weighted by molar-refractivity contribution is 7.98. The van der Waals surface area contributed by atoms with Gasteiger partial charge in [0.15, 0.2) is 5.43 Å². The molecule has 5 rings (SSSR count). The van der Waals surface area contributed by atoms with Crippen molar-refractivity contribution in [2.45, 2.75) is 29.9 Å². The highest BCUT2D eigenvalue weighted by Gasteiger charge is 2.43. The van der Waals surface area contributed by atoms with Crippen LogP contribution in [0.25, 0.3) is 11.0 Å². The molecule has 5 nitrogen and oxygen atoms in total. The fourth-order valence-electron chi connectivity index (χ4n) is 4.32. The summed E-state index contributed by atoms with van der Waals surface area (Å²) in [5, 5.41) is 0.145. The van der Waals surface area contributed by atoms with Crippen molar-refractivity contribution < 1.29 is 18.3 Å². The topological polar surface area (TPSA) is 59.8 Å². The summed E-state index contributed by atoms with van der Waals surface area (Å²) in [4.78, 5) is 29.4. The molecule has 154 valence electrons. The Morgan fingerprint density at radius 1 is 1.17 bits per heavy atom. The van der Waals surface area contributed by atoms with Crippen LogP contribution in [0.3, 0.4) is 0 Å². The van der Waals surface area contributed by atoms with Crippen molar-refractivity contribution in [3.63, 3.8) is 0 Å². The van der Waals surface area contributed by atoms with E-state index in [1.165, 1.54) is 18.2 Å². The van der Waals surface area contributed by atoms with Gasteiger partial charge in [0.2, 0.25) is 5.76 Å². The molecule has 3 heterocycles. The summed E-state index contributed by atoms with van der Waals surface area (Å²) in [6.07, 6.45) is 3.74. The Balaban J connectivity index is 1.69. The van der Waals surface area contributed by atoms with E-state index < -0.39 is 11.9 Å². The van der Waals surface area contributed by atoms with Crippen LogP contribution in [-0.2, 0) is 4.74 Å². The number of hydrogen-bond acceptors (Lipinski definition) is 5. The van der Waals surface area contributed by atoms with Gasteiger partial charge in [0, 0.05) is 18.0 Å². The van der Waals surface area contributed by atoms with Crippen LogP contribution in [0.4, 0.5) is 4.39 Å². The molecule has 2 unspecified atom stereocenters. The molecule has 2 atom stereocenters. The number of ether oxygens (including phenoxy) is 1. The number of amides is 1. The normalized spacial score (nSPS) is 20.9. The van der Waals surface area contributed by atoms with Gasteiger partial charge in [-0.05, 0) is 55.0 Å². The van der Waals surface area contributed by atoms with Crippen molar-refractivity contribution in [2.75, 3.05) is 19.4 Å². The molecule has 2 aromatic carbocycles. The van der Waals surface area contributed by atoms with Gasteiger partial charge in [-0.3, -0.25) is 9.59 Å². The molecule has 1 amide bonds. The van der Waals surface area contributed by atoms with E-state index in [4.69, 9.17) is 9.15 Å². The second-order valence-electron chi connectivity index (χ2n) is 7.58. The van der Waals surface area contributed by atoms with Crippen molar-refractivity contribution in [3.05, 3.63) is 75.4 Å². The van der Waals surface area contributed by atoms with E-state index in [9.17, 15) is 14.0 Å². The monoisotopic (exact) mass is 425 g/mol. The summed E-state index contributed by atoms with van der Waals surface area (Å²) in [6, 6.07) is 11.0. The van der Waals surface area contributed by atoms with Crippen LogP contribution in [-0.4, -0.2) is 36.3 Å². The Hall–Kier alpha value is -2.64. The van der Waals surface area contributed by atoms with E-state index in [-0.39, 0.29) is 39.7 Å². The summed E-state index contributed by atoms with van der Waals surface area (Å²) in [5.74, 6) is -0.810. The van der Waals surface area contributed by atoms with Crippen LogP contribution in [0.5, 0.6) is 0 Å². The lowest BCUT2D eigenvalue weighted by atomic mass is 9.98. The minimum absolute atomic E-state index is 0.0380. The smallest absolute Gasteiger partial charge is 0.291 e. The standard InChI is InChI=1S/C23H20FNO4S/c1-30-16-7-4-13(5-8-16)20-19-21(26)17-11-14(24)6-9-18(17)29-22(19)23(27)25(20)12-15-3-2-10-28-15/h4-9,11,15,20H,2-3,10,12H2,1H3. The lowest BCUT2D eigenvalue weighted by Gasteiger charge is -2.27. The molecule has 1 fully saturated rings. The van der Waals surface area contributed by atoms with E-state index in [0.717, 1.165) is 23.3 Å². The first-order chi connectivity index (χ1) is 14.6. The van der Waals surface area contributed by atoms with Gasteiger partial charge in [0.05, 0.1) is 23.1 Å². The molecule has 0 radical (unpaired) electrons. The molecule has 3 aromatic rings. The van der Waals surface area contributed by atoms with Crippen LogP contribution in [0.2, 0.25) is 0 Å². The number of fused-ring (bicyclic) bond motifs is 2. The number of rotatable bonds is 4. The van der Waals surface area contributed by atoms with Gasteiger partial charge in [0.1, 0.15) is 11.4 Å². The van der Waals surface area contributed by atoms with Crippen molar-refractivity contribution in [3.8, 4) is 0 Å². The fraction of sp³-hybridized carbons (Fsp3) is 0.304. The molecule has 1 saturated heterocycles. The highest BCUT2D eigenvalue weighted by atomic mass is 32.2. The van der Waals surface area contributed by atoms with Crippen LogP contribution >= 0.6 is 11.8 Å². The maximum absolute atomic E-state index is 13.8. The third kappa shape index (κ3) is 3.13. The first-order valence-corrected chi connectivity index (χ1v) is 11.1. The predicted molar refractivity (Wildman–Crippen MR) is 113 cm³/mol. The molecular weight excluding hydrogens is 405 g/mol. The zero-order valence-corrected chi connectivity index (χ0v) is 17.2. The number of benzene rings is 2. The molecule has 0 saturated carbocycles. The second-order valence-corrected chi connectivity index (χ2v) is 8.46. The molecule has 1 aromatic heterocycles. The zero-order chi connectivity index (χ0) is 20.8. The molecular formula is C23H20FNO4S. The van der Waals surface area contributed by atoms with Gasteiger partial charge < -0.3 is 14.1 Å². The number of halogens is 1. The number of carbonyl (C=O) groups excluding carboxylic acids is 1. The van der Waals surface area contributed by atoms with Crippen LogP contribution < -0.4 is 5.43 Å². The Bertz CT molecular complexity index is 1180. The number of hydrogen-bond donors (Lipinski definition) is 0. The van der Waals surface area contributed by atoms with Crippen LogP contribution in [0, 0.1) is 5.82 Å². The average Bonchev–Trinajstić information content (AvgIpc) is 3.37. The molecule has 0 spiro atoms. The van der Waals surface area contributed by atoms with E-state index in [2.05, 4.69) is 0 Å². The third-order valence-corrected chi connectivity index (χ3v) is 6.53. The van der Waals surface area contributed by atoms with Gasteiger partial charge >= 0.3 is 0 Å². The van der Waals surface area contributed by atoms with Crippen LogP contribution in [0.1, 0.15) is 40.6 Å². The zero-order valence-electron chi connectivity index (χ0n) is 16.4. The molecule has 2 aliphatic heterocycles. The Kier molecular flexibility index (Phi) is 4.87. The summed E-state index contributed by atoms with van der Waals surface area (Å²) in [5.41, 5.74) is 0.936. The Labute approximate surface area is 176 Å².